The van der Waals surface area contributed by atoms with Crippen LogP contribution in [0.2, 0.25) is 0 Å². The molecule has 0 aliphatic carbocycles. The molecule has 2 aliphatic rings. The van der Waals surface area contributed by atoms with Crippen LogP contribution in [0.15, 0.2) is 12.1 Å². The van der Waals surface area contributed by atoms with Gasteiger partial charge >= 0.3 is 0 Å². The number of pyridine rings is 1. The van der Waals surface area contributed by atoms with E-state index in [-0.39, 0.29) is 43.6 Å². The van der Waals surface area contributed by atoms with Crippen LogP contribution in [0.4, 0.5) is 5.82 Å². The predicted molar refractivity (Wildman–Crippen MR) is 86.2 cm³/mol. The molecule has 1 saturated heterocycles. The number of likely N-dealkylation sites (tertiary alicyclic amines) is 1. The van der Waals surface area contributed by atoms with E-state index < -0.39 is 0 Å². The third-order valence-electron chi connectivity index (χ3n) is 4.40. The number of anilines is 1. The van der Waals surface area contributed by atoms with Crippen LogP contribution in [0.1, 0.15) is 44.1 Å². The van der Waals surface area contributed by atoms with Crippen LogP contribution in [0.25, 0.3) is 0 Å². The van der Waals surface area contributed by atoms with E-state index in [9.17, 15) is 4.79 Å². The molecule has 128 valence electrons. The van der Waals surface area contributed by atoms with E-state index in [2.05, 4.69) is 15.2 Å². The Morgan fingerprint density at radius 2 is 1.96 bits per heavy atom. The molecule has 0 aromatic carbocycles. The SMILES string of the molecule is O=C1CCc2ccc(OCCCCN3CCCCC3)nc2N1.[Ar]. The molecule has 1 aromatic rings. The number of fused-ring (bicyclic) bond motifs is 1. The van der Waals surface area contributed by atoms with Crippen molar-refractivity contribution in [1.82, 2.24) is 9.88 Å². The Kier molecular flexibility index (Phi) is 8.10. The molecule has 3 rings (SSSR count). The maximum Gasteiger partial charge on any atom is 0.225 e. The van der Waals surface area contributed by atoms with Gasteiger partial charge in [0.05, 0.1) is 6.61 Å². The topological polar surface area (TPSA) is 54.5 Å². The summed E-state index contributed by atoms with van der Waals surface area (Å²) >= 11 is 0. The van der Waals surface area contributed by atoms with E-state index in [0.717, 1.165) is 18.4 Å². The number of carbonyl (C=O) groups excluding carboxylic acids is 1. The molecular weight excluding hydrogens is 318 g/mol. The van der Waals surface area contributed by atoms with Crippen LogP contribution in [-0.2, 0) is 11.2 Å². The van der Waals surface area contributed by atoms with E-state index in [1.807, 2.05) is 12.1 Å². The molecule has 2 aliphatic heterocycles. The zero-order valence-electron chi connectivity index (χ0n) is 13.5. The minimum Gasteiger partial charge on any atom is -0.478 e. The number of aromatic nitrogens is 1. The number of carbonyl (C=O) groups is 1. The fourth-order valence-corrected chi connectivity index (χ4v) is 3.10. The van der Waals surface area contributed by atoms with Crippen LogP contribution < -0.4 is 10.1 Å². The Labute approximate surface area is 168 Å². The maximum atomic E-state index is 11.4. The van der Waals surface area contributed by atoms with Crippen LogP contribution in [0, 0.1) is 37.7 Å². The molecule has 0 saturated carbocycles. The van der Waals surface area contributed by atoms with Crippen LogP contribution in [0.3, 0.4) is 0 Å². The van der Waals surface area contributed by atoms with Gasteiger partial charge in [-0.15, -0.1) is 0 Å². The molecule has 0 spiro atoms. The van der Waals surface area contributed by atoms with Gasteiger partial charge in [0.15, 0.2) is 0 Å². The van der Waals surface area contributed by atoms with Gasteiger partial charge in [0.1, 0.15) is 5.82 Å². The number of hydrogen-bond donors (Lipinski definition) is 1. The second-order valence-corrected chi connectivity index (χ2v) is 6.16. The van der Waals surface area contributed by atoms with E-state index >= 15 is 0 Å². The quantitative estimate of drug-likeness (QED) is 0.807. The summed E-state index contributed by atoms with van der Waals surface area (Å²) in [6.45, 7) is 4.38. The fraction of sp³-hybridized carbons (Fsp3) is 0.647. The Hall–Kier alpha value is -0.360. The molecular formula is C17H25ArN3O2. The first-order valence-corrected chi connectivity index (χ1v) is 8.46. The summed E-state index contributed by atoms with van der Waals surface area (Å²) in [5.74, 6) is 1.32. The van der Waals surface area contributed by atoms with Crippen molar-refractivity contribution in [1.29, 1.82) is 0 Å². The van der Waals surface area contributed by atoms with Crippen molar-refractivity contribution in [3.05, 3.63) is 17.7 Å². The molecule has 1 fully saturated rings. The molecule has 1 N–H and O–H groups in total. The van der Waals surface area contributed by atoms with Crippen molar-refractivity contribution < 1.29 is 47.3 Å². The summed E-state index contributed by atoms with van der Waals surface area (Å²) in [6, 6.07) is 3.91. The normalized spacial score (nSPS) is 17.8. The molecule has 3 heterocycles. The van der Waals surface area contributed by atoms with E-state index in [0.29, 0.717) is 24.7 Å². The molecule has 23 heavy (non-hydrogen) atoms. The number of aryl methyl sites for hydroxylation is 1. The Bertz CT molecular complexity index is 519. The first-order chi connectivity index (χ1) is 10.8. The van der Waals surface area contributed by atoms with Gasteiger partial charge < -0.3 is 15.0 Å². The summed E-state index contributed by atoms with van der Waals surface area (Å²) in [6.07, 6.45) is 7.61. The molecule has 0 unspecified atom stereocenters. The average Bonchev–Trinajstić information content (AvgIpc) is 2.55. The third kappa shape index (κ3) is 5.89. The smallest absolute Gasteiger partial charge is 0.225 e. The fourth-order valence-electron chi connectivity index (χ4n) is 3.10. The van der Waals surface area contributed by atoms with Gasteiger partial charge in [-0.1, -0.05) is 6.42 Å². The summed E-state index contributed by atoms with van der Waals surface area (Å²) in [5, 5.41) is 2.81. The van der Waals surface area contributed by atoms with Gasteiger partial charge in [0, 0.05) is 50.2 Å². The number of hydrogen-bond acceptors (Lipinski definition) is 4. The summed E-state index contributed by atoms with van der Waals surface area (Å²) in [4.78, 5) is 18.3. The van der Waals surface area contributed by atoms with Crippen LogP contribution in [-0.4, -0.2) is 42.0 Å². The number of piperidine rings is 1. The second kappa shape index (κ2) is 9.82. The number of amides is 1. The van der Waals surface area contributed by atoms with Crippen molar-refractivity contribution in [2.45, 2.75) is 44.9 Å². The van der Waals surface area contributed by atoms with Crippen molar-refractivity contribution in [2.24, 2.45) is 0 Å². The van der Waals surface area contributed by atoms with Crippen molar-refractivity contribution in [2.75, 3.05) is 31.6 Å². The minimum absolute atomic E-state index is 0. The van der Waals surface area contributed by atoms with E-state index in [4.69, 9.17) is 4.74 Å². The van der Waals surface area contributed by atoms with Gasteiger partial charge in [0.25, 0.3) is 0 Å². The molecule has 1 aromatic heterocycles. The number of nitrogens with one attached hydrogen (secondary N) is 1. The van der Waals surface area contributed by atoms with Crippen molar-refractivity contribution >= 4 is 11.7 Å². The summed E-state index contributed by atoms with van der Waals surface area (Å²) < 4.78 is 5.72. The molecule has 1 amide bonds. The largest absolute Gasteiger partial charge is 0.478 e. The van der Waals surface area contributed by atoms with Gasteiger partial charge in [-0.2, -0.15) is 4.98 Å². The van der Waals surface area contributed by atoms with Gasteiger partial charge in [0.2, 0.25) is 11.8 Å². The van der Waals surface area contributed by atoms with Gasteiger partial charge in [-0.3, -0.25) is 4.79 Å². The third-order valence-corrected chi connectivity index (χ3v) is 4.40. The molecule has 0 radical (unpaired) electrons. The summed E-state index contributed by atoms with van der Waals surface area (Å²) in [7, 11) is 0. The monoisotopic (exact) mass is 343 g/mol. The van der Waals surface area contributed by atoms with E-state index in [1.165, 1.54) is 45.3 Å². The zero-order chi connectivity index (χ0) is 15.2. The Morgan fingerprint density at radius 3 is 2.78 bits per heavy atom. The second-order valence-electron chi connectivity index (χ2n) is 6.16. The zero-order valence-corrected chi connectivity index (χ0v) is 14.2. The standard InChI is InChI=1S/C17H25N3O2.Ar/c21-15-8-6-14-7-9-16(19-17(14)18-15)22-13-5-4-12-20-10-2-1-3-11-20;/h7,9H,1-6,8,10-13H2,(H,18,19,21);. The van der Waals surface area contributed by atoms with E-state index in [1.54, 1.807) is 0 Å². The van der Waals surface area contributed by atoms with Crippen molar-refractivity contribution in [3.8, 4) is 5.88 Å². The first kappa shape index (κ1) is 19.0. The number of nitrogens with zero attached hydrogens (tertiary/aromatic N) is 2. The Balaban J connectivity index is 0.00000192. The number of unbranched alkanes of at least 4 members (excludes halogenated alkanes) is 1. The van der Waals surface area contributed by atoms with Gasteiger partial charge in [-0.25, -0.2) is 0 Å². The van der Waals surface area contributed by atoms with Crippen molar-refractivity contribution in [3.63, 3.8) is 0 Å². The summed E-state index contributed by atoms with van der Waals surface area (Å²) in [5.41, 5.74) is 1.09. The Morgan fingerprint density at radius 1 is 1.13 bits per heavy atom. The maximum absolute atomic E-state index is 11.4. The molecule has 6 heteroatoms. The molecule has 0 bridgehead atoms. The van der Waals surface area contributed by atoms with Gasteiger partial charge in [-0.05, 0) is 63.4 Å². The predicted octanol–water partition coefficient (Wildman–Crippen LogP) is 2.61. The minimum atomic E-state index is 0. The molecule has 5 nitrogen and oxygen atoms in total. The van der Waals surface area contributed by atoms with Crippen LogP contribution in [0.5, 0.6) is 5.88 Å². The number of rotatable bonds is 6. The van der Waals surface area contributed by atoms with Crippen LogP contribution >= 0.6 is 0 Å². The first-order valence-electron chi connectivity index (χ1n) is 8.46. The molecule has 0 atom stereocenters. The average molecular weight is 343 g/mol. The number of ether oxygens (including phenoxy) is 1.